The number of pyridine rings is 1. The van der Waals surface area contributed by atoms with E-state index in [0.29, 0.717) is 24.2 Å². The van der Waals surface area contributed by atoms with Crippen LogP contribution in [0, 0.1) is 0 Å². The highest BCUT2D eigenvalue weighted by atomic mass is 16.2. The van der Waals surface area contributed by atoms with Crippen molar-refractivity contribution in [2.75, 3.05) is 18.4 Å². The molecule has 2 atom stereocenters. The number of rotatable bonds is 6. The molecule has 1 aromatic carbocycles. The number of amides is 5. The van der Waals surface area contributed by atoms with Gasteiger partial charge in [-0.05, 0) is 55.3 Å². The molecule has 166 valence electrons. The van der Waals surface area contributed by atoms with E-state index in [1.165, 1.54) is 21.9 Å². The Balaban J connectivity index is 1.51. The van der Waals surface area contributed by atoms with Crippen molar-refractivity contribution in [3.05, 3.63) is 59.9 Å². The second-order valence-electron chi connectivity index (χ2n) is 7.83. The molecule has 2 aliphatic heterocycles. The lowest BCUT2D eigenvalue weighted by atomic mass is 9.93. The van der Waals surface area contributed by atoms with Gasteiger partial charge in [-0.25, -0.2) is 4.79 Å². The standard InChI is InChI=1S/C22H24N6O4/c23-20(30)15-5-7-16(8-6-15)26-18(29)13-27-17-4-2-10-25-19(17)21(31)28(22(27)32)12-14-3-1-9-24-11-14/h1,3,5-9,11,17,19,25H,2,4,10,12-13H2,(H2,23,30)(H,26,29). The van der Waals surface area contributed by atoms with Crippen LogP contribution in [0.4, 0.5) is 10.5 Å². The molecular formula is C22H24N6O4. The fraction of sp³-hybridized carbons (Fsp3) is 0.318. The van der Waals surface area contributed by atoms with E-state index in [1.54, 1.807) is 36.7 Å². The molecule has 2 aromatic rings. The van der Waals surface area contributed by atoms with E-state index in [-0.39, 0.29) is 19.0 Å². The Morgan fingerprint density at radius 2 is 1.97 bits per heavy atom. The zero-order valence-corrected chi connectivity index (χ0v) is 17.4. The van der Waals surface area contributed by atoms with Gasteiger partial charge >= 0.3 is 6.03 Å². The second-order valence-corrected chi connectivity index (χ2v) is 7.83. The Morgan fingerprint density at radius 3 is 2.66 bits per heavy atom. The summed E-state index contributed by atoms with van der Waals surface area (Å²) in [4.78, 5) is 56.9. The average Bonchev–Trinajstić information content (AvgIpc) is 2.80. The van der Waals surface area contributed by atoms with Gasteiger partial charge in [0, 0.05) is 23.6 Å². The molecule has 32 heavy (non-hydrogen) atoms. The Bertz CT molecular complexity index is 1030. The molecule has 4 N–H and O–H groups in total. The summed E-state index contributed by atoms with van der Waals surface area (Å²) in [6, 6.07) is 8.25. The Morgan fingerprint density at radius 1 is 1.19 bits per heavy atom. The monoisotopic (exact) mass is 436 g/mol. The number of benzene rings is 1. The Kier molecular flexibility index (Phi) is 6.13. The van der Waals surface area contributed by atoms with Crippen molar-refractivity contribution in [3.8, 4) is 0 Å². The number of anilines is 1. The number of urea groups is 1. The minimum absolute atomic E-state index is 0.0864. The molecule has 2 unspecified atom stereocenters. The van der Waals surface area contributed by atoms with Crippen molar-refractivity contribution in [1.29, 1.82) is 0 Å². The smallest absolute Gasteiger partial charge is 0.327 e. The van der Waals surface area contributed by atoms with Crippen molar-refractivity contribution in [2.24, 2.45) is 5.73 Å². The van der Waals surface area contributed by atoms with Gasteiger partial charge in [0.15, 0.2) is 0 Å². The van der Waals surface area contributed by atoms with Crippen molar-refractivity contribution in [3.63, 3.8) is 0 Å². The highest BCUT2D eigenvalue weighted by Crippen LogP contribution is 2.26. The highest BCUT2D eigenvalue weighted by Gasteiger charge is 2.47. The molecule has 0 radical (unpaired) electrons. The maximum Gasteiger partial charge on any atom is 0.327 e. The Hall–Kier alpha value is -3.79. The van der Waals surface area contributed by atoms with Gasteiger partial charge in [-0.3, -0.25) is 24.3 Å². The van der Waals surface area contributed by atoms with Crippen molar-refractivity contribution in [2.45, 2.75) is 31.5 Å². The van der Waals surface area contributed by atoms with Crippen LogP contribution in [0.3, 0.4) is 0 Å². The lowest BCUT2D eigenvalue weighted by molar-refractivity contribution is -0.138. The normalized spacial score (nSPS) is 20.6. The second kappa shape index (κ2) is 9.15. The van der Waals surface area contributed by atoms with E-state index in [1.807, 2.05) is 0 Å². The van der Waals surface area contributed by atoms with E-state index in [9.17, 15) is 19.2 Å². The van der Waals surface area contributed by atoms with Crippen LogP contribution in [0.15, 0.2) is 48.8 Å². The predicted octanol–water partition coefficient (Wildman–Crippen LogP) is 0.704. The maximum atomic E-state index is 13.3. The molecule has 2 aliphatic rings. The minimum atomic E-state index is -0.559. The van der Waals surface area contributed by atoms with E-state index in [4.69, 9.17) is 5.73 Å². The molecule has 10 nitrogen and oxygen atoms in total. The van der Waals surface area contributed by atoms with Crippen molar-refractivity contribution < 1.29 is 19.2 Å². The summed E-state index contributed by atoms with van der Waals surface area (Å²) in [7, 11) is 0. The van der Waals surface area contributed by atoms with Gasteiger partial charge in [-0.15, -0.1) is 0 Å². The van der Waals surface area contributed by atoms with E-state index < -0.39 is 29.9 Å². The van der Waals surface area contributed by atoms with Crippen molar-refractivity contribution >= 4 is 29.4 Å². The van der Waals surface area contributed by atoms with Gasteiger partial charge in [0.2, 0.25) is 17.7 Å². The molecule has 5 amide bonds. The summed E-state index contributed by atoms with van der Waals surface area (Å²) in [6.45, 7) is 0.563. The number of fused-ring (bicyclic) bond motifs is 1. The lowest BCUT2D eigenvalue weighted by Gasteiger charge is -2.46. The molecule has 2 fully saturated rings. The zero-order valence-electron chi connectivity index (χ0n) is 17.4. The molecule has 0 spiro atoms. The Labute approximate surface area is 184 Å². The number of aromatic nitrogens is 1. The molecule has 1 aromatic heterocycles. The van der Waals surface area contributed by atoms with E-state index >= 15 is 0 Å². The molecule has 4 rings (SSSR count). The first-order valence-corrected chi connectivity index (χ1v) is 10.4. The number of nitrogens with zero attached hydrogens (tertiary/aromatic N) is 3. The molecule has 2 saturated heterocycles. The summed E-state index contributed by atoms with van der Waals surface area (Å²) in [6.07, 6.45) is 4.66. The minimum Gasteiger partial charge on any atom is -0.366 e. The maximum absolute atomic E-state index is 13.3. The summed E-state index contributed by atoms with van der Waals surface area (Å²) in [5.74, 6) is -1.25. The van der Waals surface area contributed by atoms with Crippen molar-refractivity contribution in [1.82, 2.24) is 20.1 Å². The summed E-state index contributed by atoms with van der Waals surface area (Å²) >= 11 is 0. The predicted molar refractivity (Wildman–Crippen MR) is 115 cm³/mol. The molecular weight excluding hydrogens is 412 g/mol. The topological polar surface area (TPSA) is 138 Å². The molecule has 0 saturated carbocycles. The number of nitrogens with one attached hydrogen (secondary N) is 2. The van der Waals surface area contributed by atoms with Crippen LogP contribution in [-0.4, -0.2) is 63.7 Å². The molecule has 0 aliphatic carbocycles. The van der Waals surface area contributed by atoms with Gasteiger partial charge in [-0.2, -0.15) is 0 Å². The third-order valence-corrected chi connectivity index (χ3v) is 5.67. The average molecular weight is 436 g/mol. The molecule has 3 heterocycles. The SMILES string of the molecule is NC(=O)c1ccc(NC(=O)CN2C(=O)N(Cc3cccnc3)C(=O)C3NCCCC32)cc1. The fourth-order valence-electron chi connectivity index (χ4n) is 4.10. The molecule has 0 bridgehead atoms. The number of carbonyl (C=O) groups excluding carboxylic acids is 4. The number of hydrogen-bond acceptors (Lipinski definition) is 6. The molecule has 10 heteroatoms. The fourth-order valence-corrected chi connectivity index (χ4v) is 4.10. The first-order chi connectivity index (χ1) is 15.4. The first kappa shape index (κ1) is 21.4. The van der Waals surface area contributed by atoms with Gasteiger partial charge < -0.3 is 21.3 Å². The number of nitrogens with two attached hydrogens (primary N) is 1. The van der Waals surface area contributed by atoms with Crippen LogP contribution in [0.5, 0.6) is 0 Å². The zero-order chi connectivity index (χ0) is 22.7. The van der Waals surface area contributed by atoms with Crippen LogP contribution < -0.4 is 16.4 Å². The van der Waals surface area contributed by atoms with Crippen LogP contribution >= 0.6 is 0 Å². The van der Waals surface area contributed by atoms with Gasteiger partial charge in [-0.1, -0.05) is 6.07 Å². The number of primary amides is 1. The van der Waals surface area contributed by atoms with Gasteiger partial charge in [0.1, 0.15) is 12.6 Å². The number of piperidine rings is 1. The van der Waals surface area contributed by atoms with E-state index in [0.717, 1.165) is 12.0 Å². The van der Waals surface area contributed by atoms with Crippen LogP contribution in [0.25, 0.3) is 0 Å². The van der Waals surface area contributed by atoms with Crippen LogP contribution in [-0.2, 0) is 16.1 Å². The summed E-state index contributed by atoms with van der Waals surface area (Å²) in [5, 5.41) is 5.93. The van der Waals surface area contributed by atoms with E-state index in [2.05, 4.69) is 15.6 Å². The number of carbonyl (C=O) groups is 4. The summed E-state index contributed by atoms with van der Waals surface area (Å²) < 4.78 is 0. The van der Waals surface area contributed by atoms with Crippen LogP contribution in [0.2, 0.25) is 0 Å². The van der Waals surface area contributed by atoms with Gasteiger partial charge in [0.25, 0.3) is 0 Å². The van der Waals surface area contributed by atoms with Gasteiger partial charge in [0.05, 0.1) is 12.6 Å². The quantitative estimate of drug-likeness (QED) is 0.610. The largest absolute Gasteiger partial charge is 0.366 e. The third-order valence-electron chi connectivity index (χ3n) is 5.67. The van der Waals surface area contributed by atoms with Crippen LogP contribution in [0.1, 0.15) is 28.8 Å². The number of hydrogen-bond donors (Lipinski definition) is 3. The highest BCUT2D eigenvalue weighted by molar-refractivity contribution is 6.03. The lowest BCUT2D eigenvalue weighted by Crippen LogP contribution is -2.70. The third kappa shape index (κ3) is 4.45. The number of imide groups is 1. The summed E-state index contributed by atoms with van der Waals surface area (Å²) in [5.41, 5.74) is 6.76. The first-order valence-electron chi connectivity index (χ1n) is 10.4.